The maximum atomic E-state index is 4.33. The monoisotopic (exact) mass is 234 g/mol. The number of H-pyrrole nitrogens is 1. The molecule has 2 heterocycles. The summed E-state index contributed by atoms with van der Waals surface area (Å²) in [4.78, 5) is 8.55. The lowest BCUT2D eigenvalue weighted by Crippen LogP contribution is -2.26. The molecule has 2 N–H and O–H groups in total. The number of aromatic amines is 1. The number of rotatable bonds is 6. The van der Waals surface area contributed by atoms with Crippen LogP contribution < -0.4 is 5.32 Å². The summed E-state index contributed by atoms with van der Waals surface area (Å²) in [5, 5.41) is 10.3. The Morgan fingerprint density at radius 1 is 1.47 bits per heavy atom. The zero-order valence-electron chi connectivity index (χ0n) is 10.2. The van der Waals surface area contributed by atoms with E-state index in [2.05, 4.69) is 32.4 Å². The van der Waals surface area contributed by atoms with Crippen LogP contribution in [0.2, 0.25) is 0 Å². The summed E-state index contributed by atoms with van der Waals surface area (Å²) in [6, 6.07) is 0.138. The molecular formula is C11H18N6. The molecule has 1 atom stereocenters. The van der Waals surface area contributed by atoms with E-state index in [4.69, 9.17) is 0 Å². The molecule has 0 saturated carbocycles. The first-order valence-electron chi connectivity index (χ1n) is 5.86. The van der Waals surface area contributed by atoms with E-state index in [0.29, 0.717) is 0 Å². The maximum Gasteiger partial charge on any atom is 0.141 e. The van der Waals surface area contributed by atoms with Gasteiger partial charge in [0, 0.05) is 25.9 Å². The SMILES string of the molecule is CCCNC(Cc1nccn1C)c1ncn[nH]1. The summed E-state index contributed by atoms with van der Waals surface area (Å²) >= 11 is 0. The standard InChI is InChI=1S/C11H18N6/c1-3-4-12-9(11-14-8-15-16-11)7-10-13-5-6-17(10)2/h5-6,8-9,12H,3-4,7H2,1-2H3,(H,14,15,16). The Hall–Kier alpha value is -1.69. The van der Waals surface area contributed by atoms with Gasteiger partial charge in [0.2, 0.25) is 0 Å². The fourth-order valence-electron chi connectivity index (χ4n) is 1.74. The van der Waals surface area contributed by atoms with Gasteiger partial charge in [0.25, 0.3) is 0 Å². The van der Waals surface area contributed by atoms with Gasteiger partial charge >= 0.3 is 0 Å². The van der Waals surface area contributed by atoms with Gasteiger partial charge in [-0.2, -0.15) is 5.10 Å². The summed E-state index contributed by atoms with van der Waals surface area (Å²) in [5.41, 5.74) is 0. The molecule has 6 nitrogen and oxygen atoms in total. The Balaban J connectivity index is 2.08. The highest BCUT2D eigenvalue weighted by Crippen LogP contribution is 2.12. The number of aromatic nitrogens is 5. The third kappa shape index (κ3) is 2.91. The van der Waals surface area contributed by atoms with Gasteiger partial charge in [-0.1, -0.05) is 6.92 Å². The number of nitrogens with zero attached hydrogens (tertiary/aromatic N) is 4. The molecule has 0 aliphatic rings. The third-order valence-electron chi connectivity index (χ3n) is 2.71. The minimum atomic E-state index is 0.138. The average Bonchev–Trinajstić information content (AvgIpc) is 2.96. The minimum Gasteiger partial charge on any atom is -0.338 e. The number of hydrogen-bond acceptors (Lipinski definition) is 4. The smallest absolute Gasteiger partial charge is 0.141 e. The molecule has 2 aromatic heterocycles. The van der Waals surface area contributed by atoms with Crippen molar-refractivity contribution in [3.63, 3.8) is 0 Å². The molecule has 0 radical (unpaired) electrons. The van der Waals surface area contributed by atoms with Crippen LogP contribution in [-0.4, -0.2) is 31.3 Å². The second-order valence-electron chi connectivity index (χ2n) is 4.04. The first-order valence-corrected chi connectivity index (χ1v) is 5.86. The summed E-state index contributed by atoms with van der Waals surface area (Å²) in [7, 11) is 2.00. The summed E-state index contributed by atoms with van der Waals surface area (Å²) in [5.74, 6) is 1.90. The fraction of sp³-hybridized carbons (Fsp3) is 0.545. The molecule has 0 saturated heterocycles. The Labute approximate surface area is 100 Å². The second kappa shape index (κ2) is 5.58. The molecule has 1 unspecified atom stereocenters. The van der Waals surface area contributed by atoms with Gasteiger partial charge in [0.15, 0.2) is 0 Å². The van der Waals surface area contributed by atoms with Gasteiger partial charge in [0.05, 0.1) is 6.04 Å². The van der Waals surface area contributed by atoms with Crippen molar-refractivity contribution in [3.05, 3.63) is 30.4 Å². The lowest BCUT2D eigenvalue weighted by molar-refractivity contribution is 0.490. The molecule has 0 amide bonds. The predicted molar refractivity (Wildman–Crippen MR) is 64.3 cm³/mol. The van der Waals surface area contributed by atoms with E-state index in [1.165, 1.54) is 6.33 Å². The van der Waals surface area contributed by atoms with Crippen LogP contribution in [0.15, 0.2) is 18.7 Å². The van der Waals surface area contributed by atoms with Crippen molar-refractivity contribution in [1.82, 2.24) is 30.0 Å². The van der Waals surface area contributed by atoms with Crippen molar-refractivity contribution in [3.8, 4) is 0 Å². The zero-order chi connectivity index (χ0) is 12.1. The van der Waals surface area contributed by atoms with Crippen molar-refractivity contribution in [2.75, 3.05) is 6.54 Å². The van der Waals surface area contributed by atoms with E-state index < -0.39 is 0 Å². The molecule has 0 fully saturated rings. The quantitative estimate of drug-likeness (QED) is 0.776. The van der Waals surface area contributed by atoms with Gasteiger partial charge in [-0.05, 0) is 13.0 Å². The fourth-order valence-corrected chi connectivity index (χ4v) is 1.74. The van der Waals surface area contributed by atoms with Crippen LogP contribution in [0, 0.1) is 0 Å². The molecule has 0 aliphatic carbocycles. The minimum absolute atomic E-state index is 0.138. The molecule has 0 aliphatic heterocycles. The van der Waals surface area contributed by atoms with E-state index >= 15 is 0 Å². The van der Waals surface area contributed by atoms with Gasteiger partial charge < -0.3 is 9.88 Å². The molecule has 2 rings (SSSR count). The summed E-state index contributed by atoms with van der Waals surface area (Å²) < 4.78 is 2.02. The first-order chi connectivity index (χ1) is 8.31. The number of aryl methyl sites for hydroxylation is 1. The summed E-state index contributed by atoms with van der Waals surface area (Å²) in [6.45, 7) is 3.10. The van der Waals surface area contributed by atoms with Gasteiger partial charge in [0.1, 0.15) is 18.0 Å². The number of hydrogen-bond donors (Lipinski definition) is 2. The summed E-state index contributed by atoms with van der Waals surface area (Å²) in [6.07, 6.45) is 7.19. The largest absolute Gasteiger partial charge is 0.338 e. The van der Waals surface area contributed by atoms with Crippen LogP contribution in [0.1, 0.15) is 31.0 Å². The maximum absolute atomic E-state index is 4.33. The molecule has 0 spiro atoms. The lowest BCUT2D eigenvalue weighted by Gasteiger charge is -2.15. The third-order valence-corrected chi connectivity index (χ3v) is 2.71. The molecule has 0 aromatic carbocycles. The Kier molecular flexibility index (Phi) is 3.87. The average molecular weight is 234 g/mol. The molecule has 0 bridgehead atoms. The lowest BCUT2D eigenvalue weighted by atomic mass is 10.2. The molecular weight excluding hydrogens is 216 g/mol. The molecule has 2 aromatic rings. The van der Waals surface area contributed by atoms with Crippen molar-refractivity contribution in [2.24, 2.45) is 7.05 Å². The van der Waals surface area contributed by atoms with E-state index in [0.717, 1.165) is 31.0 Å². The zero-order valence-corrected chi connectivity index (χ0v) is 10.2. The van der Waals surface area contributed by atoms with Crippen LogP contribution in [-0.2, 0) is 13.5 Å². The van der Waals surface area contributed by atoms with Crippen LogP contribution in [0.4, 0.5) is 0 Å². The Morgan fingerprint density at radius 2 is 2.35 bits per heavy atom. The van der Waals surface area contributed by atoms with Crippen molar-refractivity contribution >= 4 is 0 Å². The molecule has 92 valence electrons. The highest BCUT2D eigenvalue weighted by atomic mass is 15.2. The number of nitrogens with one attached hydrogen (secondary N) is 2. The molecule has 17 heavy (non-hydrogen) atoms. The van der Waals surface area contributed by atoms with Crippen LogP contribution in [0.3, 0.4) is 0 Å². The van der Waals surface area contributed by atoms with Crippen molar-refractivity contribution in [2.45, 2.75) is 25.8 Å². The topological polar surface area (TPSA) is 71.4 Å². The van der Waals surface area contributed by atoms with Crippen LogP contribution in [0.5, 0.6) is 0 Å². The first kappa shape index (κ1) is 11.8. The van der Waals surface area contributed by atoms with Crippen molar-refractivity contribution < 1.29 is 0 Å². The van der Waals surface area contributed by atoms with Crippen molar-refractivity contribution in [1.29, 1.82) is 0 Å². The van der Waals surface area contributed by atoms with Crippen LogP contribution in [0.25, 0.3) is 0 Å². The Bertz CT molecular complexity index is 433. The second-order valence-corrected chi connectivity index (χ2v) is 4.04. The predicted octanol–water partition coefficient (Wildman–Crippen LogP) is 0.822. The Morgan fingerprint density at radius 3 is 2.94 bits per heavy atom. The van der Waals surface area contributed by atoms with E-state index in [-0.39, 0.29) is 6.04 Å². The van der Waals surface area contributed by atoms with Gasteiger partial charge in [-0.25, -0.2) is 9.97 Å². The van der Waals surface area contributed by atoms with Gasteiger partial charge in [-0.3, -0.25) is 5.10 Å². The highest BCUT2D eigenvalue weighted by Gasteiger charge is 2.16. The number of imidazole rings is 1. The molecule has 6 heteroatoms. The van der Waals surface area contributed by atoms with E-state index in [1.807, 2.05) is 24.0 Å². The van der Waals surface area contributed by atoms with Crippen LogP contribution >= 0.6 is 0 Å². The normalized spacial score (nSPS) is 12.8. The van der Waals surface area contributed by atoms with E-state index in [9.17, 15) is 0 Å². The highest BCUT2D eigenvalue weighted by molar-refractivity contribution is 5.01. The van der Waals surface area contributed by atoms with E-state index in [1.54, 1.807) is 0 Å². The van der Waals surface area contributed by atoms with Gasteiger partial charge in [-0.15, -0.1) is 0 Å².